The van der Waals surface area contributed by atoms with E-state index in [4.69, 9.17) is 0 Å². The highest BCUT2D eigenvalue weighted by Crippen LogP contribution is 2.24. The van der Waals surface area contributed by atoms with Gasteiger partial charge in [-0.05, 0) is 51.3 Å². The van der Waals surface area contributed by atoms with Gasteiger partial charge in [0.2, 0.25) is 0 Å². The molecule has 1 atom stereocenters. The molecule has 0 fully saturated rings. The number of aromatic nitrogens is 4. The van der Waals surface area contributed by atoms with Crippen LogP contribution in [0.25, 0.3) is 11.4 Å². The lowest BCUT2D eigenvalue weighted by molar-refractivity contribution is 0.0928. The summed E-state index contributed by atoms with van der Waals surface area (Å²) in [5.74, 6) is 0.145. The van der Waals surface area contributed by atoms with Crippen molar-refractivity contribution in [1.29, 1.82) is 0 Å². The highest BCUT2D eigenvalue weighted by atomic mass is 16.3. The Hall–Kier alpha value is -3.46. The van der Waals surface area contributed by atoms with Gasteiger partial charge in [-0.3, -0.25) is 14.9 Å². The van der Waals surface area contributed by atoms with Crippen LogP contribution in [0.3, 0.4) is 0 Å². The van der Waals surface area contributed by atoms with Gasteiger partial charge in [0.15, 0.2) is 5.82 Å². The summed E-state index contributed by atoms with van der Waals surface area (Å²) in [7, 11) is 3.88. The van der Waals surface area contributed by atoms with Gasteiger partial charge in [-0.25, -0.2) is 4.98 Å². The van der Waals surface area contributed by atoms with Crippen LogP contribution in [-0.4, -0.2) is 61.8 Å². The lowest BCUT2D eigenvalue weighted by Crippen LogP contribution is -2.31. The third-order valence-corrected chi connectivity index (χ3v) is 4.17. The fourth-order valence-corrected chi connectivity index (χ4v) is 2.67. The molecule has 9 nitrogen and oxygen atoms in total. The van der Waals surface area contributed by atoms with Crippen LogP contribution in [0.2, 0.25) is 0 Å². The molecule has 0 aliphatic carbocycles. The summed E-state index contributed by atoms with van der Waals surface area (Å²) in [6, 6.07) is 7.00. The normalized spacial score (nSPS) is 12.1. The predicted molar refractivity (Wildman–Crippen MR) is 103 cm³/mol. The average Bonchev–Trinajstić information content (AvgIpc) is 3.15. The Morgan fingerprint density at radius 3 is 2.64 bits per heavy atom. The number of phenols is 2. The summed E-state index contributed by atoms with van der Waals surface area (Å²) >= 11 is 0. The molecule has 2 aromatic heterocycles. The van der Waals surface area contributed by atoms with E-state index in [0.717, 1.165) is 11.6 Å². The van der Waals surface area contributed by atoms with Gasteiger partial charge in [0.25, 0.3) is 5.91 Å². The van der Waals surface area contributed by atoms with Gasteiger partial charge in [-0.2, -0.15) is 5.10 Å². The van der Waals surface area contributed by atoms with Crippen molar-refractivity contribution < 1.29 is 15.0 Å². The van der Waals surface area contributed by atoms with Crippen LogP contribution in [-0.2, 0) is 0 Å². The first-order valence-corrected chi connectivity index (χ1v) is 8.74. The maximum absolute atomic E-state index is 12.6. The number of amides is 1. The highest BCUT2D eigenvalue weighted by Gasteiger charge is 2.22. The minimum atomic E-state index is -0.469. The van der Waals surface area contributed by atoms with E-state index in [1.165, 1.54) is 12.1 Å². The molecule has 0 aliphatic rings. The number of aromatic amines is 1. The van der Waals surface area contributed by atoms with E-state index < -0.39 is 11.9 Å². The van der Waals surface area contributed by atoms with E-state index in [-0.39, 0.29) is 17.1 Å². The maximum Gasteiger partial charge on any atom is 0.255 e. The quantitative estimate of drug-likeness (QED) is 0.490. The molecular weight excluding hydrogens is 360 g/mol. The number of rotatable bonds is 7. The molecule has 3 rings (SSSR count). The van der Waals surface area contributed by atoms with Crippen molar-refractivity contribution >= 4 is 5.91 Å². The van der Waals surface area contributed by atoms with Gasteiger partial charge in [0.05, 0.1) is 11.6 Å². The second-order valence-electron chi connectivity index (χ2n) is 6.60. The Bertz CT molecular complexity index is 942. The predicted octanol–water partition coefficient (Wildman–Crippen LogP) is 1.70. The topological polar surface area (TPSA) is 127 Å². The second-order valence-corrected chi connectivity index (χ2v) is 6.60. The van der Waals surface area contributed by atoms with Crippen LogP contribution >= 0.6 is 0 Å². The number of nitrogens with zero attached hydrogens (tertiary/aromatic N) is 4. The Morgan fingerprint density at radius 1 is 1.21 bits per heavy atom. The van der Waals surface area contributed by atoms with E-state index in [9.17, 15) is 15.0 Å². The molecule has 0 bridgehead atoms. The van der Waals surface area contributed by atoms with E-state index >= 15 is 0 Å². The standard InChI is InChI=1S/C19H22N6O3/c1-25(2)10-7-15(21-19(28)14-4-3-13(26)11-16(14)27)18-22-17(23-24-18)12-5-8-20-9-6-12/h3-6,8-9,11,15,26-27H,7,10H2,1-2H3,(H,21,28)(H,22,23,24)/t15-/m0/s1. The molecule has 146 valence electrons. The Kier molecular flexibility index (Phi) is 5.85. The number of pyridine rings is 1. The van der Waals surface area contributed by atoms with Crippen molar-refractivity contribution in [2.75, 3.05) is 20.6 Å². The van der Waals surface area contributed by atoms with Crippen LogP contribution in [0.15, 0.2) is 42.7 Å². The Morgan fingerprint density at radius 2 is 1.96 bits per heavy atom. The van der Waals surface area contributed by atoms with Crippen molar-refractivity contribution in [2.24, 2.45) is 0 Å². The smallest absolute Gasteiger partial charge is 0.255 e. The van der Waals surface area contributed by atoms with Gasteiger partial charge >= 0.3 is 0 Å². The first-order chi connectivity index (χ1) is 13.4. The van der Waals surface area contributed by atoms with Crippen LogP contribution in [0.1, 0.15) is 28.6 Å². The van der Waals surface area contributed by atoms with Crippen LogP contribution in [0.5, 0.6) is 11.5 Å². The minimum absolute atomic E-state index is 0.0709. The molecule has 0 spiro atoms. The van der Waals surface area contributed by atoms with Crippen LogP contribution in [0.4, 0.5) is 0 Å². The molecule has 0 aliphatic heterocycles. The third-order valence-electron chi connectivity index (χ3n) is 4.17. The van der Waals surface area contributed by atoms with Gasteiger partial charge in [-0.1, -0.05) is 0 Å². The van der Waals surface area contributed by atoms with Crippen LogP contribution in [0, 0.1) is 0 Å². The zero-order valence-electron chi connectivity index (χ0n) is 15.6. The van der Waals surface area contributed by atoms with E-state index in [1.54, 1.807) is 24.5 Å². The lowest BCUT2D eigenvalue weighted by Gasteiger charge is -2.19. The highest BCUT2D eigenvalue weighted by molar-refractivity contribution is 5.97. The molecule has 4 N–H and O–H groups in total. The lowest BCUT2D eigenvalue weighted by atomic mass is 10.1. The molecular formula is C19H22N6O3. The summed E-state index contributed by atoms with van der Waals surface area (Å²) < 4.78 is 0. The number of phenolic OH excluding ortho intramolecular Hbond substituents is 2. The van der Waals surface area contributed by atoms with E-state index in [0.29, 0.717) is 24.6 Å². The number of hydrogen-bond acceptors (Lipinski definition) is 7. The van der Waals surface area contributed by atoms with Gasteiger partial charge in [0.1, 0.15) is 17.3 Å². The summed E-state index contributed by atoms with van der Waals surface area (Å²) in [4.78, 5) is 23.1. The molecule has 28 heavy (non-hydrogen) atoms. The second kappa shape index (κ2) is 8.49. The first-order valence-electron chi connectivity index (χ1n) is 8.74. The number of aromatic hydroxyl groups is 2. The summed E-state index contributed by atoms with van der Waals surface area (Å²) in [6.07, 6.45) is 3.90. The minimum Gasteiger partial charge on any atom is -0.508 e. The molecule has 0 saturated heterocycles. The zero-order chi connectivity index (χ0) is 20.1. The number of carbonyl (C=O) groups is 1. The molecule has 0 saturated carbocycles. The Balaban J connectivity index is 1.83. The van der Waals surface area contributed by atoms with Crippen LogP contribution < -0.4 is 5.32 Å². The average molecular weight is 382 g/mol. The first kappa shape index (κ1) is 19.3. The van der Waals surface area contributed by atoms with Crippen molar-refractivity contribution in [1.82, 2.24) is 30.4 Å². The van der Waals surface area contributed by atoms with Gasteiger partial charge in [-0.15, -0.1) is 0 Å². The van der Waals surface area contributed by atoms with E-state index in [2.05, 4.69) is 25.5 Å². The molecule has 0 radical (unpaired) electrons. The molecule has 2 heterocycles. The monoisotopic (exact) mass is 382 g/mol. The number of hydrogen-bond donors (Lipinski definition) is 4. The zero-order valence-corrected chi connectivity index (χ0v) is 15.6. The van der Waals surface area contributed by atoms with Crippen molar-refractivity contribution in [2.45, 2.75) is 12.5 Å². The maximum atomic E-state index is 12.6. The molecule has 1 amide bonds. The summed E-state index contributed by atoms with van der Waals surface area (Å²) in [5.41, 5.74) is 0.882. The van der Waals surface area contributed by atoms with Gasteiger partial charge < -0.3 is 20.4 Å². The number of benzene rings is 1. The molecule has 3 aromatic rings. The van der Waals surface area contributed by atoms with E-state index in [1.807, 2.05) is 19.0 Å². The van der Waals surface area contributed by atoms with Crippen molar-refractivity contribution in [3.8, 4) is 22.9 Å². The SMILES string of the molecule is CN(C)CC[C@H](NC(=O)c1ccc(O)cc1O)c1nc(-c2ccncc2)n[nH]1. The van der Waals surface area contributed by atoms with Gasteiger partial charge in [0, 0.05) is 24.0 Å². The van der Waals surface area contributed by atoms with Crippen molar-refractivity contribution in [3.05, 3.63) is 54.1 Å². The molecule has 0 unspecified atom stereocenters. The fraction of sp³-hybridized carbons (Fsp3) is 0.263. The summed E-state index contributed by atoms with van der Waals surface area (Å²) in [6.45, 7) is 0.706. The molecule has 9 heteroatoms. The fourth-order valence-electron chi connectivity index (χ4n) is 2.67. The van der Waals surface area contributed by atoms with Crippen molar-refractivity contribution in [3.63, 3.8) is 0 Å². The number of nitrogens with one attached hydrogen (secondary N) is 2. The largest absolute Gasteiger partial charge is 0.508 e. The summed E-state index contributed by atoms with van der Waals surface area (Å²) in [5, 5.41) is 29.4. The molecule has 1 aromatic carbocycles. The Labute approximate surface area is 162 Å². The number of carbonyl (C=O) groups excluding carboxylic acids is 1. The number of H-pyrrole nitrogens is 1. The third kappa shape index (κ3) is 4.63.